The number of nitrogens with one attached hydrogen (secondary N) is 1. The van der Waals surface area contributed by atoms with Gasteiger partial charge in [-0.25, -0.2) is 9.78 Å². The van der Waals surface area contributed by atoms with Crippen molar-refractivity contribution in [3.05, 3.63) is 21.7 Å². The third-order valence-corrected chi connectivity index (χ3v) is 4.53. The molecule has 1 aromatic rings. The SMILES string of the molecule is COC(=O)c1c(C)[nH]c(C2C3CCCC32)nc1=S. The van der Waals surface area contributed by atoms with Gasteiger partial charge in [0, 0.05) is 11.6 Å². The van der Waals surface area contributed by atoms with Gasteiger partial charge >= 0.3 is 5.97 Å². The maximum absolute atomic E-state index is 11.6. The molecule has 1 N–H and O–H groups in total. The Labute approximate surface area is 111 Å². The highest BCUT2D eigenvalue weighted by atomic mass is 32.1. The van der Waals surface area contributed by atoms with E-state index in [1.165, 1.54) is 26.4 Å². The Hall–Kier alpha value is -1.23. The fourth-order valence-electron chi connectivity index (χ4n) is 3.34. The molecule has 5 heteroatoms. The first-order valence-corrected chi connectivity index (χ1v) is 6.73. The van der Waals surface area contributed by atoms with Gasteiger partial charge in [0.15, 0.2) is 0 Å². The van der Waals surface area contributed by atoms with Gasteiger partial charge in [-0.1, -0.05) is 18.6 Å². The molecule has 0 bridgehead atoms. The van der Waals surface area contributed by atoms with Crippen LogP contribution in [-0.2, 0) is 4.74 Å². The third-order valence-electron chi connectivity index (χ3n) is 4.24. The molecule has 2 atom stereocenters. The summed E-state index contributed by atoms with van der Waals surface area (Å²) in [6.45, 7) is 1.85. The van der Waals surface area contributed by atoms with E-state index in [1.54, 1.807) is 0 Å². The molecule has 2 aliphatic rings. The van der Waals surface area contributed by atoms with Crippen molar-refractivity contribution in [3.8, 4) is 0 Å². The number of aromatic nitrogens is 2. The lowest BCUT2D eigenvalue weighted by Crippen LogP contribution is -2.10. The molecule has 4 nitrogen and oxygen atoms in total. The van der Waals surface area contributed by atoms with Crippen molar-refractivity contribution in [1.82, 2.24) is 9.97 Å². The summed E-state index contributed by atoms with van der Waals surface area (Å²) in [6.07, 6.45) is 3.94. The highest BCUT2D eigenvalue weighted by molar-refractivity contribution is 7.71. The van der Waals surface area contributed by atoms with Gasteiger partial charge in [-0.15, -0.1) is 0 Å². The fourth-order valence-corrected chi connectivity index (χ4v) is 3.67. The molecular formula is C13H16N2O2S. The van der Waals surface area contributed by atoms with Gasteiger partial charge in [-0.05, 0) is 31.6 Å². The predicted octanol–water partition coefficient (Wildman–Crippen LogP) is 2.75. The van der Waals surface area contributed by atoms with Crippen LogP contribution in [0.2, 0.25) is 0 Å². The van der Waals surface area contributed by atoms with Crippen molar-refractivity contribution in [2.24, 2.45) is 11.8 Å². The fraction of sp³-hybridized carbons (Fsp3) is 0.615. The average molecular weight is 264 g/mol. The van der Waals surface area contributed by atoms with Gasteiger partial charge in [0.05, 0.1) is 7.11 Å². The standard InChI is InChI=1S/C13H16N2O2S/c1-6-9(13(16)17-2)12(18)15-11(14-6)10-7-4-3-5-8(7)10/h7-8,10H,3-5H2,1-2H3,(H,14,15,18). The van der Waals surface area contributed by atoms with Gasteiger partial charge in [0.25, 0.3) is 0 Å². The summed E-state index contributed by atoms with van der Waals surface area (Å²) in [4.78, 5) is 19.2. The smallest absolute Gasteiger partial charge is 0.342 e. The minimum atomic E-state index is -0.413. The molecule has 0 amide bonds. The highest BCUT2D eigenvalue weighted by Gasteiger charge is 2.54. The minimum Gasteiger partial charge on any atom is -0.465 e. The number of carbonyl (C=O) groups is 1. The van der Waals surface area contributed by atoms with Crippen molar-refractivity contribution < 1.29 is 9.53 Å². The van der Waals surface area contributed by atoms with Gasteiger partial charge in [0.1, 0.15) is 16.0 Å². The van der Waals surface area contributed by atoms with Crippen LogP contribution in [0.15, 0.2) is 0 Å². The van der Waals surface area contributed by atoms with E-state index in [4.69, 9.17) is 17.0 Å². The van der Waals surface area contributed by atoms with E-state index in [9.17, 15) is 4.79 Å². The molecule has 96 valence electrons. The van der Waals surface area contributed by atoms with Crippen molar-refractivity contribution in [1.29, 1.82) is 0 Å². The second-order valence-electron chi connectivity index (χ2n) is 5.20. The van der Waals surface area contributed by atoms with Crippen LogP contribution in [0.1, 0.15) is 47.1 Å². The van der Waals surface area contributed by atoms with E-state index in [2.05, 4.69) is 9.97 Å². The molecule has 1 aromatic heterocycles. The molecule has 2 saturated carbocycles. The lowest BCUT2D eigenvalue weighted by molar-refractivity contribution is 0.0598. The van der Waals surface area contributed by atoms with Crippen LogP contribution in [-0.4, -0.2) is 23.0 Å². The van der Waals surface area contributed by atoms with E-state index >= 15 is 0 Å². The second kappa shape index (κ2) is 4.16. The van der Waals surface area contributed by atoms with Crippen molar-refractivity contribution in [3.63, 3.8) is 0 Å². The lowest BCUT2D eigenvalue weighted by Gasteiger charge is -2.08. The minimum absolute atomic E-state index is 0.359. The molecule has 18 heavy (non-hydrogen) atoms. The third kappa shape index (κ3) is 1.68. The predicted molar refractivity (Wildman–Crippen MR) is 69.1 cm³/mol. The topological polar surface area (TPSA) is 55.0 Å². The van der Waals surface area contributed by atoms with Crippen LogP contribution in [0.4, 0.5) is 0 Å². The largest absolute Gasteiger partial charge is 0.465 e. The van der Waals surface area contributed by atoms with Crippen LogP contribution in [0.25, 0.3) is 0 Å². The molecule has 0 radical (unpaired) electrons. The molecule has 0 spiro atoms. The Morgan fingerprint density at radius 3 is 2.67 bits per heavy atom. The molecule has 2 unspecified atom stereocenters. The molecule has 2 fully saturated rings. The van der Waals surface area contributed by atoms with Gasteiger partial charge in [-0.2, -0.15) is 0 Å². The maximum atomic E-state index is 11.6. The summed E-state index contributed by atoms with van der Waals surface area (Å²) in [5.74, 6) is 2.65. The zero-order valence-corrected chi connectivity index (χ0v) is 11.3. The number of aryl methyl sites for hydroxylation is 1. The lowest BCUT2D eigenvalue weighted by atomic mass is 10.1. The number of nitrogens with zero attached hydrogens (tertiary/aromatic N) is 1. The average Bonchev–Trinajstić information content (AvgIpc) is 2.81. The van der Waals surface area contributed by atoms with Crippen molar-refractivity contribution in [2.45, 2.75) is 32.1 Å². The number of hydrogen-bond donors (Lipinski definition) is 1. The quantitative estimate of drug-likeness (QED) is 0.659. The van der Waals surface area contributed by atoms with Crippen LogP contribution in [0.3, 0.4) is 0 Å². The Morgan fingerprint density at radius 2 is 2.11 bits per heavy atom. The van der Waals surface area contributed by atoms with E-state index < -0.39 is 5.97 Å². The second-order valence-corrected chi connectivity index (χ2v) is 5.59. The first kappa shape index (κ1) is 11.8. The van der Waals surface area contributed by atoms with E-state index in [-0.39, 0.29) is 0 Å². The normalized spacial score (nSPS) is 28.9. The summed E-state index contributed by atoms with van der Waals surface area (Å²) >= 11 is 5.22. The number of H-pyrrole nitrogens is 1. The number of aromatic amines is 1. The molecule has 0 aromatic carbocycles. The summed E-state index contributed by atoms with van der Waals surface area (Å²) in [5.41, 5.74) is 1.16. The molecule has 1 heterocycles. The summed E-state index contributed by atoms with van der Waals surface area (Å²) < 4.78 is 5.08. The zero-order chi connectivity index (χ0) is 12.9. The Morgan fingerprint density at radius 1 is 1.44 bits per heavy atom. The molecule has 0 saturated heterocycles. The highest BCUT2D eigenvalue weighted by Crippen LogP contribution is 2.62. The maximum Gasteiger partial charge on any atom is 0.342 e. The Balaban J connectivity index is 1.95. The monoisotopic (exact) mass is 264 g/mol. The Kier molecular flexibility index (Phi) is 2.73. The number of ether oxygens (including phenoxy) is 1. The van der Waals surface area contributed by atoms with E-state index in [1.807, 2.05) is 6.92 Å². The number of methoxy groups -OCH3 is 1. The van der Waals surface area contributed by atoms with Crippen LogP contribution < -0.4 is 0 Å². The first-order valence-electron chi connectivity index (χ1n) is 6.32. The van der Waals surface area contributed by atoms with Crippen LogP contribution >= 0.6 is 12.2 Å². The first-order chi connectivity index (χ1) is 8.63. The summed E-state index contributed by atoms with van der Waals surface area (Å²) in [6, 6.07) is 0. The van der Waals surface area contributed by atoms with Gasteiger partial charge in [-0.3, -0.25) is 0 Å². The molecule has 0 aliphatic heterocycles. The molecule has 2 aliphatic carbocycles. The zero-order valence-electron chi connectivity index (χ0n) is 10.5. The summed E-state index contributed by atoms with van der Waals surface area (Å²) in [5, 5.41) is 0. The number of rotatable bonds is 2. The number of esters is 1. The van der Waals surface area contributed by atoms with Crippen LogP contribution in [0, 0.1) is 23.4 Å². The molecule has 3 rings (SSSR count). The van der Waals surface area contributed by atoms with Gasteiger partial charge in [0.2, 0.25) is 0 Å². The summed E-state index contributed by atoms with van der Waals surface area (Å²) in [7, 11) is 1.36. The van der Waals surface area contributed by atoms with Crippen LogP contribution in [0.5, 0.6) is 0 Å². The van der Waals surface area contributed by atoms with Crippen molar-refractivity contribution >= 4 is 18.2 Å². The number of fused-ring (bicyclic) bond motifs is 1. The van der Waals surface area contributed by atoms with E-state index in [0.717, 1.165) is 23.4 Å². The van der Waals surface area contributed by atoms with E-state index in [0.29, 0.717) is 16.1 Å². The number of carbonyl (C=O) groups excluding carboxylic acids is 1. The van der Waals surface area contributed by atoms with Crippen molar-refractivity contribution in [2.75, 3.05) is 7.11 Å². The molecular weight excluding hydrogens is 248 g/mol. The number of hydrogen-bond acceptors (Lipinski definition) is 4. The van der Waals surface area contributed by atoms with Gasteiger partial charge < -0.3 is 9.72 Å². The Bertz CT molecular complexity index is 557.